The summed E-state index contributed by atoms with van der Waals surface area (Å²) in [7, 11) is 1.79. The third-order valence-electron chi connectivity index (χ3n) is 6.18. The maximum Gasteiger partial charge on any atom is 0.223 e. The maximum atomic E-state index is 12.6. The molecule has 0 saturated heterocycles. The van der Waals surface area contributed by atoms with E-state index in [0.29, 0.717) is 13.0 Å². The van der Waals surface area contributed by atoms with Gasteiger partial charge in [-0.2, -0.15) is 0 Å². The van der Waals surface area contributed by atoms with Crippen molar-refractivity contribution >= 4 is 35.8 Å². The van der Waals surface area contributed by atoms with Crippen LogP contribution in [0.1, 0.15) is 49.4 Å². The summed E-state index contributed by atoms with van der Waals surface area (Å²) >= 11 is 0. The molecular formula is C26H38IN5O. The summed E-state index contributed by atoms with van der Waals surface area (Å²) in [6.45, 7) is 9.34. The van der Waals surface area contributed by atoms with Gasteiger partial charge < -0.3 is 15.5 Å². The third-order valence-corrected chi connectivity index (χ3v) is 6.18. The van der Waals surface area contributed by atoms with Gasteiger partial charge in [0, 0.05) is 39.6 Å². The fourth-order valence-corrected chi connectivity index (χ4v) is 4.33. The highest BCUT2D eigenvalue weighted by atomic mass is 127. The summed E-state index contributed by atoms with van der Waals surface area (Å²) in [5.41, 5.74) is 3.84. The molecule has 1 unspecified atom stereocenters. The van der Waals surface area contributed by atoms with Crippen LogP contribution in [0, 0.1) is 0 Å². The molecule has 6 nitrogen and oxygen atoms in total. The molecule has 0 bridgehead atoms. The highest BCUT2D eigenvalue weighted by Gasteiger charge is 2.22. The first-order valence-electron chi connectivity index (χ1n) is 11.7. The summed E-state index contributed by atoms with van der Waals surface area (Å²) < 4.78 is 0. The highest BCUT2D eigenvalue weighted by Crippen LogP contribution is 2.23. The predicted molar refractivity (Wildman–Crippen MR) is 147 cm³/mol. The van der Waals surface area contributed by atoms with E-state index in [4.69, 9.17) is 0 Å². The number of hydrogen-bond donors (Lipinski definition) is 2. The average molecular weight is 564 g/mol. The summed E-state index contributed by atoms with van der Waals surface area (Å²) in [5.74, 6) is 0.996. The van der Waals surface area contributed by atoms with E-state index in [-0.39, 0.29) is 35.9 Å². The number of rotatable bonds is 10. The molecule has 2 N–H and O–H groups in total. The van der Waals surface area contributed by atoms with Gasteiger partial charge in [0.25, 0.3) is 0 Å². The van der Waals surface area contributed by atoms with Crippen molar-refractivity contribution in [2.24, 2.45) is 4.99 Å². The Labute approximate surface area is 215 Å². The van der Waals surface area contributed by atoms with Crippen molar-refractivity contribution in [1.82, 2.24) is 20.4 Å². The largest absolute Gasteiger partial charge is 0.356 e. The molecule has 1 aliphatic rings. The van der Waals surface area contributed by atoms with Crippen LogP contribution in [-0.2, 0) is 17.9 Å². The first-order valence-corrected chi connectivity index (χ1v) is 11.7. The Balaban J connectivity index is 0.00000385. The number of nitrogens with one attached hydrogen (secondary N) is 2. The van der Waals surface area contributed by atoms with E-state index < -0.39 is 0 Å². The number of benzene rings is 2. The summed E-state index contributed by atoms with van der Waals surface area (Å²) in [6.07, 6.45) is 1.33. The molecule has 0 fully saturated rings. The molecule has 1 amide bonds. The van der Waals surface area contributed by atoms with Crippen LogP contribution in [0.2, 0.25) is 0 Å². The molecule has 0 saturated carbocycles. The fraction of sp³-hybridized carbons (Fsp3) is 0.462. The van der Waals surface area contributed by atoms with Gasteiger partial charge >= 0.3 is 0 Å². The molecular weight excluding hydrogens is 525 g/mol. The lowest BCUT2D eigenvalue weighted by Gasteiger charge is -2.30. The normalized spacial score (nSPS) is 13.9. The van der Waals surface area contributed by atoms with Gasteiger partial charge in [-0.15, -0.1) is 24.0 Å². The van der Waals surface area contributed by atoms with Crippen molar-refractivity contribution < 1.29 is 4.79 Å². The molecule has 0 aromatic heterocycles. The standard InChI is InChI=1S/C26H37N5O.HI/c1-4-30(5-2)24(21-12-7-6-8-13-21)18-29-26(27-3)28-17-11-16-25(32)31-19-22-14-9-10-15-23(22)20-31;/h6-10,12-15,24H,4-5,11,16-20H2,1-3H3,(H2,27,28,29);1H. The van der Waals surface area contributed by atoms with E-state index >= 15 is 0 Å². The second kappa shape index (κ2) is 14.2. The first-order chi connectivity index (χ1) is 15.7. The molecule has 1 heterocycles. The van der Waals surface area contributed by atoms with E-state index in [9.17, 15) is 4.79 Å². The second-order valence-electron chi connectivity index (χ2n) is 8.15. The summed E-state index contributed by atoms with van der Waals surface area (Å²) in [5, 5.41) is 6.84. The molecule has 2 aromatic rings. The monoisotopic (exact) mass is 563 g/mol. The number of nitrogens with zero attached hydrogens (tertiary/aromatic N) is 3. The zero-order valence-electron chi connectivity index (χ0n) is 20.1. The van der Waals surface area contributed by atoms with Crippen LogP contribution in [0.4, 0.5) is 0 Å². The van der Waals surface area contributed by atoms with Crippen LogP contribution in [-0.4, -0.2) is 54.9 Å². The summed E-state index contributed by atoms with van der Waals surface area (Å²) in [6, 6.07) is 19.2. The van der Waals surface area contributed by atoms with Crippen molar-refractivity contribution in [1.29, 1.82) is 0 Å². The van der Waals surface area contributed by atoms with E-state index in [0.717, 1.165) is 45.1 Å². The van der Waals surface area contributed by atoms with Gasteiger partial charge in [-0.1, -0.05) is 68.4 Å². The predicted octanol–water partition coefficient (Wildman–Crippen LogP) is 4.18. The van der Waals surface area contributed by atoms with Gasteiger partial charge in [-0.05, 0) is 36.2 Å². The molecule has 0 aliphatic carbocycles. The SMILES string of the molecule is CCN(CC)C(CNC(=NC)NCCCC(=O)N1Cc2ccccc2C1)c1ccccc1.I. The van der Waals surface area contributed by atoms with Crippen molar-refractivity contribution in [3.05, 3.63) is 71.3 Å². The minimum atomic E-state index is 0. The molecule has 1 atom stereocenters. The second-order valence-corrected chi connectivity index (χ2v) is 8.15. The van der Waals surface area contributed by atoms with E-state index in [1.807, 2.05) is 17.0 Å². The molecule has 180 valence electrons. The fourth-order valence-electron chi connectivity index (χ4n) is 4.33. The van der Waals surface area contributed by atoms with Gasteiger partial charge in [0.2, 0.25) is 5.91 Å². The van der Waals surface area contributed by atoms with Crippen LogP contribution in [0.25, 0.3) is 0 Å². The Kier molecular flexibility index (Phi) is 11.7. The van der Waals surface area contributed by atoms with Crippen molar-refractivity contribution in [3.63, 3.8) is 0 Å². The lowest BCUT2D eigenvalue weighted by Crippen LogP contribution is -2.43. The Morgan fingerprint density at radius 1 is 1.00 bits per heavy atom. The first kappa shape index (κ1) is 27.1. The number of carbonyl (C=O) groups is 1. The molecule has 2 aromatic carbocycles. The van der Waals surface area contributed by atoms with E-state index in [1.165, 1.54) is 16.7 Å². The van der Waals surface area contributed by atoms with Gasteiger partial charge in [-0.3, -0.25) is 14.7 Å². The van der Waals surface area contributed by atoms with Crippen LogP contribution < -0.4 is 10.6 Å². The van der Waals surface area contributed by atoms with Gasteiger partial charge in [-0.25, -0.2) is 0 Å². The lowest BCUT2D eigenvalue weighted by molar-refractivity contribution is -0.131. The van der Waals surface area contributed by atoms with Crippen LogP contribution in [0.15, 0.2) is 59.6 Å². The quantitative estimate of drug-likeness (QED) is 0.197. The van der Waals surface area contributed by atoms with Gasteiger partial charge in [0.15, 0.2) is 5.96 Å². The minimum Gasteiger partial charge on any atom is -0.356 e. The van der Waals surface area contributed by atoms with Gasteiger partial charge in [0.05, 0.1) is 6.04 Å². The number of carbonyl (C=O) groups excluding carboxylic acids is 1. The van der Waals surface area contributed by atoms with Crippen LogP contribution >= 0.6 is 24.0 Å². The number of guanidine groups is 1. The molecule has 0 radical (unpaired) electrons. The Hall–Kier alpha value is -2.13. The lowest BCUT2D eigenvalue weighted by atomic mass is 10.1. The molecule has 3 rings (SSSR count). The van der Waals surface area contributed by atoms with E-state index in [1.54, 1.807) is 7.05 Å². The van der Waals surface area contributed by atoms with Crippen molar-refractivity contribution in [2.45, 2.75) is 45.8 Å². The Morgan fingerprint density at radius 3 is 2.18 bits per heavy atom. The summed E-state index contributed by atoms with van der Waals surface area (Å²) in [4.78, 5) is 21.4. The number of fused-ring (bicyclic) bond motifs is 1. The molecule has 33 heavy (non-hydrogen) atoms. The van der Waals surface area contributed by atoms with Gasteiger partial charge in [0.1, 0.15) is 0 Å². The number of aliphatic imine (C=N–C) groups is 1. The number of hydrogen-bond acceptors (Lipinski definition) is 3. The van der Waals surface area contributed by atoms with E-state index in [2.05, 4.69) is 76.8 Å². The van der Waals surface area contributed by atoms with Crippen LogP contribution in [0.3, 0.4) is 0 Å². The Morgan fingerprint density at radius 2 is 1.61 bits per heavy atom. The number of likely N-dealkylation sites (N-methyl/N-ethyl adjacent to an activating group) is 1. The number of halogens is 1. The highest BCUT2D eigenvalue weighted by molar-refractivity contribution is 14.0. The minimum absolute atomic E-state index is 0. The smallest absolute Gasteiger partial charge is 0.223 e. The van der Waals surface area contributed by atoms with Crippen molar-refractivity contribution in [3.8, 4) is 0 Å². The maximum absolute atomic E-state index is 12.6. The topological polar surface area (TPSA) is 60.0 Å². The average Bonchev–Trinajstić information content (AvgIpc) is 3.28. The number of amides is 1. The Bertz CT molecular complexity index is 860. The van der Waals surface area contributed by atoms with Crippen molar-refractivity contribution in [2.75, 3.05) is 33.2 Å². The zero-order chi connectivity index (χ0) is 22.8. The zero-order valence-corrected chi connectivity index (χ0v) is 22.4. The third kappa shape index (κ3) is 7.71. The van der Waals surface area contributed by atoms with Crippen LogP contribution in [0.5, 0.6) is 0 Å². The molecule has 1 aliphatic heterocycles. The molecule has 7 heteroatoms. The molecule has 0 spiro atoms.